The number of rotatable bonds is 5. The molecule has 0 unspecified atom stereocenters. The van der Waals surface area contributed by atoms with Crippen molar-refractivity contribution in [3.63, 3.8) is 0 Å². The molecule has 0 saturated heterocycles. The molecule has 1 N–H and O–H groups in total. The van der Waals surface area contributed by atoms with Crippen LogP contribution >= 0.6 is 0 Å². The molecule has 0 bridgehead atoms. The van der Waals surface area contributed by atoms with Gasteiger partial charge in [-0.05, 0) is 37.1 Å². The number of benzene rings is 1. The lowest BCUT2D eigenvalue weighted by molar-refractivity contribution is -0.116. The summed E-state index contributed by atoms with van der Waals surface area (Å²) < 4.78 is 5.16. The molecule has 0 atom stereocenters. The summed E-state index contributed by atoms with van der Waals surface area (Å²) in [6.07, 6.45) is 1.53. The molecule has 1 amide bonds. The van der Waals surface area contributed by atoms with Gasteiger partial charge in [-0.25, -0.2) is 0 Å². The van der Waals surface area contributed by atoms with Gasteiger partial charge in [-0.2, -0.15) is 0 Å². The highest BCUT2D eigenvalue weighted by atomic mass is 16.5. The number of amides is 1. The van der Waals surface area contributed by atoms with Crippen molar-refractivity contribution in [2.75, 3.05) is 13.7 Å². The van der Waals surface area contributed by atoms with Crippen molar-refractivity contribution < 1.29 is 14.3 Å². The minimum atomic E-state index is -0.623. The normalized spacial score (nSPS) is 9.72. The number of Topliss-reactive ketones (excluding diaryl/α,β-unsaturated/α-hetero) is 1. The maximum atomic E-state index is 11.9. The lowest BCUT2D eigenvalue weighted by Crippen LogP contribution is -2.31. The average molecular weight is 247 g/mol. The minimum absolute atomic E-state index is 0.277. The van der Waals surface area contributed by atoms with Crippen LogP contribution in [0.25, 0.3) is 0 Å². The SMILES string of the molecule is C=CCNC(=O)C(=O)c1cc(C)c(OC)cc1C. The summed E-state index contributed by atoms with van der Waals surface area (Å²) in [5.74, 6) is -0.460. The summed E-state index contributed by atoms with van der Waals surface area (Å²) >= 11 is 0. The third kappa shape index (κ3) is 2.97. The van der Waals surface area contributed by atoms with Gasteiger partial charge in [-0.3, -0.25) is 9.59 Å². The Balaban J connectivity index is 3.03. The Bertz CT molecular complexity index is 492. The Kier molecular flexibility index (Phi) is 4.66. The first-order valence-corrected chi connectivity index (χ1v) is 5.60. The molecule has 1 rings (SSSR count). The van der Waals surface area contributed by atoms with Gasteiger partial charge in [-0.15, -0.1) is 6.58 Å². The van der Waals surface area contributed by atoms with Crippen molar-refractivity contribution in [1.82, 2.24) is 5.32 Å². The third-order valence-corrected chi connectivity index (χ3v) is 2.60. The number of hydrogen-bond donors (Lipinski definition) is 1. The quantitative estimate of drug-likeness (QED) is 0.490. The molecule has 4 nitrogen and oxygen atoms in total. The summed E-state index contributed by atoms with van der Waals surface area (Å²) in [6, 6.07) is 3.42. The molecule has 1 aromatic carbocycles. The van der Waals surface area contributed by atoms with E-state index in [0.717, 1.165) is 11.1 Å². The molecule has 4 heteroatoms. The first-order chi connectivity index (χ1) is 8.51. The third-order valence-electron chi connectivity index (χ3n) is 2.60. The van der Waals surface area contributed by atoms with Crippen LogP contribution in [0, 0.1) is 13.8 Å². The van der Waals surface area contributed by atoms with Crippen LogP contribution in [0.2, 0.25) is 0 Å². The smallest absolute Gasteiger partial charge is 0.292 e. The molecule has 0 aliphatic carbocycles. The summed E-state index contributed by atoms with van der Waals surface area (Å²) in [7, 11) is 1.57. The lowest BCUT2D eigenvalue weighted by atomic mass is 10.0. The van der Waals surface area contributed by atoms with E-state index in [-0.39, 0.29) is 6.54 Å². The van der Waals surface area contributed by atoms with E-state index < -0.39 is 11.7 Å². The topological polar surface area (TPSA) is 55.4 Å². The number of carbonyl (C=O) groups is 2. The van der Waals surface area contributed by atoms with Crippen LogP contribution in [0.3, 0.4) is 0 Å². The largest absolute Gasteiger partial charge is 0.496 e. The minimum Gasteiger partial charge on any atom is -0.496 e. The fraction of sp³-hybridized carbons (Fsp3) is 0.286. The van der Waals surface area contributed by atoms with E-state index in [4.69, 9.17) is 4.74 Å². The number of ketones is 1. The first-order valence-electron chi connectivity index (χ1n) is 5.60. The van der Waals surface area contributed by atoms with Crippen LogP contribution in [0.1, 0.15) is 21.5 Å². The Morgan fingerprint density at radius 1 is 1.33 bits per heavy atom. The van der Waals surface area contributed by atoms with Crippen molar-refractivity contribution >= 4 is 11.7 Å². The summed E-state index contributed by atoms with van der Waals surface area (Å²) in [4.78, 5) is 23.5. The molecule has 0 fully saturated rings. The van der Waals surface area contributed by atoms with Gasteiger partial charge in [-0.1, -0.05) is 6.08 Å². The van der Waals surface area contributed by atoms with E-state index in [2.05, 4.69) is 11.9 Å². The second-order valence-corrected chi connectivity index (χ2v) is 3.96. The van der Waals surface area contributed by atoms with Crippen LogP contribution in [0.4, 0.5) is 0 Å². The van der Waals surface area contributed by atoms with Crippen molar-refractivity contribution in [1.29, 1.82) is 0 Å². The number of methoxy groups -OCH3 is 1. The van der Waals surface area contributed by atoms with Crippen molar-refractivity contribution in [2.45, 2.75) is 13.8 Å². The number of ether oxygens (including phenoxy) is 1. The predicted molar refractivity (Wildman–Crippen MR) is 70.0 cm³/mol. The van der Waals surface area contributed by atoms with Gasteiger partial charge in [0.15, 0.2) is 0 Å². The molecule has 18 heavy (non-hydrogen) atoms. The molecular formula is C14H17NO3. The van der Waals surface area contributed by atoms with E-state index in [1.165, 1.54) is 6.08 Å². The molecular weight excluding hydrogens is 230 g/mol. The second kappa shape index (κ2) is 6.00. The van der Waals surface area contributed by atoms with Gasteiger partial charge in [0.25, 0.3) is 5.91 Å². The summed E-state index contributed by atoms with van der Waals surface area (Å²) in [5.41, 5.74) is 1.94. The van der Waals surface area contributed by atoms with Gasteiger partial charge in [0.2, 0.25) is 5.78 Å². The first kappa shape index (κ1) is 14.0. The molecule has 1 aromatic rings. The van der Waals surface area contributed by atoms with E-state index in [9.17, 15) is 9.59 Å². The van der Waals surface area contributed by atoms with Crippen LogP contribution in [0.5, 0.6) is 5.75 Å². The zero-order chi connectivity index (χ0) is 13.7. The fourth-order valence-corrected chi connectivity index (χ4v) is 1.62. The van der Waals surface area contributed by atoms with E-state index in [0.29, 0.717) is 11.3 Å². The Labute approximate surface area is 107 Å². The van der Waals surface area contributed by atoms with Crippen LogP contribution in [0.15, 0.2) is 24.8 Å². The molecule has 0 aliphatic rings. The Morgan fingerprint density at radius 2 is 2.00 bits per heavy atom. The monoisotopic (exact) mass is 247 g/mol. The van der Waals surface area contributed by atoms with Gasteiger partial charge < -0.3 is 10.1 Å². The Hall–Kier alpha value is -2.10. The molecule has 0 radical (unpaired) electrons. The molecule has 0 aliphatic heterocycles. The average Bonchev–Trinajstić information content (AvgIpc) is 2.37. The number of aryl methyl sites for hydroxylation is 2. The van der Waals surface area contributed by atoms with E-state index >= 15 is 0 Å². The van der Waals surface area contributed by atoms with Crippen LogP contribution in [-0.2, 0) is 4.79 Å². The summed E-state index contributed by atoms with van der Waals surface area (Å²) in [5, 5.41) is 2.47. The van der Waals surface area contributed by atoms with Gasteiger partial charge >= 0.3 is 0 Å². The zero-order valence-corrected chi connectivity index (χ0v) is 10.9. The Morgan fingerprint density at radius 3 is 2.56 bits per heavy atom. The zero-order valence-electron chi connectivity index (χ0n) is 10.9. The van der Waals surface area contributed by atoms with Crippen molar-refractivity contribution in [3.8, 4) is 5.75 Å². The molecule has 0 saturated carbocycles. The lowest BCUT2D eigenvalue weighted by Gasteiger charge is -2.10. The maximum absolute atomic E-state index is 11.9. The molecule has 0 aromatic heterocycles. The number of nitrogens with one attached hydrogen (secondary N) is 1. The molecule has 0 spiro atoms. The highest BCUT2D eigenvalue weighted by molar-refractivity contribution is 6.43. The maximum Gasteiger partial charge on any atom is 0.292 e. The molecule has 96 valence electrons. The molecule has 0 heterocycles. The van der Waals surface area contributed by atoms with Crippen LogP contribution in [-0.4, -0.2) is 25.3 Å². The van der Waals surface area contributed by atoms with E-state index in [1.807, 2.05) is 6.92 Å². The number of carbonyl (C=O) groups excluding carboxylic acids is 2. The highest BCUT2D eigenvalue weighted by Crippen LogP contribution is 2.22. The number of hydrogen-bond acceptors (Lipinski definition) is 3. The van der Waals surface area contributed by atoms with Crippen molar-refractivity contribution in [2.24, 2.45) is 0 Å². The van der Waals surface area contributed by atoms with E-state index in [1.54, 1.807) is 26.2 Å². The van der Waals surface area contributed by atoms with Crippen molar-refractivity contribution in [3.05, 3.63) is 41.5 Å². The van der Waals surface area contributed by atoms with Gasteiger partial charge in [0.1, 0.15) is 5.75 Å². The highest BCUT2D eigenvalue weighted by Gasteiger charge is 2.18. The van der Waals surface area contributed by atoms with Gasteiger partial charge in [0, 0.05) is 12.1 Å². The van der Waals surface area contributed by atoms with Gasteiger partial charge in [0.05, 0.1) is 7.11 Å². The predicted octanol–water partition coefficient (Wildman–Crippen LogP) is 1.80. The van der Waals surface area contributed by atoms with Crippen LogP contribution < -0.4 is 10.1 Å². The standard InChI is InChI=1S/C14H17NO3/c1-5-6-15-14(17)13(16)11-7-10(3)12(18-4)8-9(11)2/h5,7-8H,1,6H2,2-4H3,(H,15,17). The fourth-order valence-electron chi connectivity index (χ4n) is 1.62. The second-order valence-electron chi connectivity index (χ2n) is 3.96. The summed E-state index contributed by atoms with van der Waals surface area (Å²) in [6.45, 7) is 7.36.